The van der Waals surface area contributed by atoms with E-state index in [-0.39, 0.29) is 0 Å². The zero-order valence-electron chi connectivity index (χ0n) is 12.7. The van der Waals surface area contributed by atoms with Crippen molar-refractivity contribution in [3.05, 3.63) is 29.8 Å². The Kier molecular flexibility index (Phi) is 10.1. The van der Waals surface area contributed by atoms with Gasteiger partial charge in [-0.3, -0.25) is 0 Å². The Morgan fingerprint density at radius 1 is 0.684 bits per heavy atom. The van der Waals surface area contributed by atoms with E-state index in [4.69, 9.17) is 0 Å². The molecule has 0 fully saturated rings. The molecule has 0 aliphatic rings. The Labute approximate surface area is 122 Å². The van der Waals surface area contributed by atoms with Crippen molar-refractivity contribution in [2.75, 3.05) is 0 Å². The first-order chi connectivity index (χ1) is 9.33. The largest absolute Gasteiger partial charge is 0.106 e. The molecule has 0 saturated carbocycles. The minimum atomic E-state index is 1.25. The molecule has 0 nitrogen and oxygen atoms in total. The third-order valence-electron chi connectivity index (χ3n) is 3.80. The lowest BCUT2D eigenvalue weighted by molar-refractivity contribution is 0.556. The van der Waals surface area contributed by atoms with Gasteiger partial charge in [-0.15, -0.1) is 9.24 Å². The number of unbranched alkanes of at least 4 members (excludes halogenated alkanes) is 9. The van der Waals surface area contributed by atoms with E-state index < -0.39 is 0 Å². The fourth-order valence-electron chi connectivity index (χ4n) is 2.50. The molecule has 0 aromatic heterocycles. The van der Waals surface area contributed by atoms with E-state index in [2.05, 4.69) is 40.4 Å². The van der Waals surface area contributed by atoms with Crippen molar-refractivity contribution in [1.82, 2.24) is 0 Å². The number of hydrogen-bond acceptors (Lipinski definition) is 0. The number of aryl methyl sites for hydroxylation is 1. The van der Waals surface area contributed by atoms with Crippen LogP contribution in [0.5, 0.6) is 0 Å². The highest BCUT2D eigenvalue weighted by Gasteiger charge is 1.95. The molecule has 0 aliphatic carbocycles. The van der Waals surface area contributed by atoms with Crippen molar-refractivity contribution >= 4 is 14.5 Å². The Balaban J connectivity index is 1.87. The molecule has 1 heteroatoms. The average molecular weight is 278 g/mol. The summed E-state index contributed by atoms with van der Waals surface area (Å²) in [6.45, 7) is 2.28. The summed E-state index contributed by atoms with van der Waals surface area (Å²) < 4.78 is 0. The molecule has 0 spiro atoms. The molecule has 1 aromatic carbocycles. The van der Waals surface area contributed by atoms with Crippen LogP contribution in [0.2, 0.25) is 0 Å². The second-order valence-electron chi connectivity index (χ2n) is 5.67. The standard InChI is InChI=1S/C18H31P/c1-2-3-4-5-6-7-8-9-10-11-12-17-13-15-18(19)16-14-17/h13-16H,2-12,19H2,1H3. The summed E-state index contributed by atoms with van der Waals surface area (Å²) in [6.07, 6.45) is 15.5. The molecular weight excluding hydrogens is 247 g/mol. The number of hydrogen-bond donors (Lipinski definition) is 0. The van der Waals surface area contributed by atoms with E-state index in [0.717, 1.165) is 0 Å². The predicted octanol–water partition coefficient (Wildman–Crippen LogP) is 5.65. The summed E-state index contributed by atoms with van der Waals surface area (Å²) in [5.74, 6) is 0. The zero-order chi connectivity index (χ0) is 13.8. The van der Waals surface area contributed by atoms with Gasteiger partial charge in [-0.05, 0) is 23.7 Å². The average Bonchev–Trinajstić information content (AvgIpc) is 2.43. The minimum Gasteiger partial charge on any atom is -0.106 e. The van der Waals surface area contributed by atoms with Crippen molar-refractivity contribution in [3.8, 4) is 0 Å². The highest BCUT2D eigenvalue weighted by molar-refractivity contribution is 7.27. The molecule has 0 heterocycles. The lowest BCUT2D eigenvalue weighted by Gasteiger charge is -2.03. The predicted molar refractivity (Wildman–Crippen MR) is 91.3 cm³/mol. The maximum absolute atomic E-state index is 2.74. The second-order valence-corrected chi connectivity index (χ2v) is 6.34. The van der Waals surface area contributed by atoms with Gasteiger partial charge in [0.05, 0.1) is 0 Å². The SMILES string of the molecule is CCCCCCCCCCCCc1ccc(P)cc1. The summed E-state index contributed by atoms with van der Waals surface area (Å²) in [7, 11) is 2.74. The van der Waals surface area contributed by atoms with E-state index in [1.165, 1.54) is 81.5 Å². The first-order valence-corrected chi connectivity index (χ1v) is 8.75. The molecule has 108 valence electrons. The molecule has 0 radical (unpaired) electrons. The normalized spacial score (nSPS) is 10.8. The van der Waals surface area contributed by atoms with Crippen LogP contribution in [0.15, 0.2) is 24.3 Å². The number of benzene rings is 1. The highest BCUT2D eigenvalue weighted by Crippen LogP contribution is 2.12. The van der Waals surface area contributed by atoms with Gasteiger partial charge in [0.15, 0.2) is 0 Å². The smallest absolute Gasteiger partial charge is 0.0279 e. The van der Waals surface area contributed by atoms with Gasteiger partial charge in [-0.1, -0.05) is 89.0 Å². The zero-order valence-corrected chi connectivity index (χ0v) is 13.8. The van der Waals surface area contributed by atoms with E-state index >= 15 is 0 Å². The summed E-state index contributed by atoms with van der Waals surface area (Å²) in [5.41, 5.74) is 1.49. The Bertz CT molecular complexity index is 302. The topological polar surface area (TPSA) is 0 Å². The molecular formula is C18H31P. The van der Waals surface area contributed by atoms with Gasteiger partial charge in [0.2, 0.25) is 0 Å². The molecule has 1 atom stereocenters. The molecule has 1 aromatic rings. The molecule has 0 bridgehead atoms. The minimum absolute atomic E-state index is 1.25. The van der Waals surface area contributed by atoms with Crippen LogP contribution in [0.25, 0.3) is 0 Å². The first-order valence-electron chi connectivity index (χ1n) is 8.17. The maximum Gasteiger partial charge on any atom is -0.0279 e. The Hall–Kier alpha value is -0.350. The van der Waals surface area contributed by atoms with Crippen LogP contribution in [0.4, 0.5) is 0 Å². The number of rotatable bonds is 11. The Morgan fingerprint density at radius 2 is 1.16 bits per heavy atom. The molecule has 0 saturated heterocycles. The van der Waals surface area contributed by atoms with Crippen LogP contribution in [0.3, 0.4) is 0 Å². The molecule has 1 unspecified atom stereocenters. The van der Waals surface area contributed by atoms with E-state index in [0.29, 0.717) is 0 Å². The van der Waals surface area contributed by atoms with Crippen LogP contribution < -0.4 is 5.30 Å². The second kappa shape index (κ2) is 11.5. The van der Waals surface area contributed by atoms with Crippen molar-refractivity contribution in [1.29, 1.82) is 0 Å². The van der Waals surface area contributed by atoms with Crippen molar-refractivity contribution in [2.45, 2.75) is 77.6 Å². The van der Waals surface area contributed by atoms with Gasteiger partial charge in [-0.25, -0.2) is 0 Å². The molecule has 1 rings (SSSR count). The van der Waals surface area contributed by atoms with Crippen LogP contribution in [-0.4, -0.2) is 0 Å². The fourth-order valence-corrected chi connectivity index (χ4v) is 2.69. The van der Waals surface area contributed by atoms with Crippen molar-refractivity contribution in [3.63, 3.8) is 0 Å². The van der Waals surface area contributed by atoms with E-state index in [1.807, 2.05) is 0 Å². The van der Waals surface area contributed by atoms with Gasteiger partial charge in [0.1, 0.15) is 0 Å². The quantitative estimate of drug-likeness (QED) is 0.362. The van der Waals surface area contributed by atoms with Crippen molar-refractivity contribution in [2.24, 2.45) is 0 Å². The summed E-state index contributed by atoms with van der Waals surface area (Å²) in [6, 6.07) is 8.90. The summed E-state index contributed by atoms with van der Waals surface area (Å²) in [4.78, 5) is 0. The Morgan fingerprint density at radius 3 is 1.68 bits per heavy atom. The third-order valence-corrected chi connectivity index (χ3v) is 4.18. The lowest BCUT2D eigenvalue weighted by atomic mass is 10.0. The summed E-state index contributed by atoms with van der Waals surface area (Å²) >= 11 is 0. The highest BCUT2D eigenvalue weighted by atomic mass is 31.0. The van der Waals surface area contributed by atoms with Crippen LogP contribution in [0.1, 0.15) is 76.7 Å². The molecule has 0 N–H and O–H groups in total. The van der Waals surface area contributed by atoms with Gasteiger partial charge in [0, 0.05) is 0 Å². The van der Waals surface area contributed by atoms with Crippen molar-refractivity contribution < 1.29 is 0 Å². The van der Waals surface area contributed by atoms with Crippen LogP contribution >= 0.6 is 9.24 Å². The van der Waals surface area contributed by atoms with Gasteiger partial charge in [-0.2, -0.15) is 0 Å². The maximum atomic E-state index is 2.74. The lowest BCUT2D eigenvalue weighted by Crippen LogP contribution is -1.91. The van der Waals surface area contributed by atoms with E-state index in [1.54, 1.807) is 0 Å². The monoisotopic (exact) mass is 278 g/mol. The molecule has 19 heavy (non-hydrogen) atoms. The van der Waals surface area contributed by atoms with Crippen LogP contribution in [-0.2, 0) is 6.42 Å². The molecule has 0 amide bonds. The fraction of sp³-hybridized carbons (Fsp3) is 0.667. The van der Waals surface area contributed by atoms with Gasteiger partial charge >= 0.3 is 0 Å². The van der Waals surface area contributed by atoms with Crippen LogP contribution in [0, 0.1) is 0 Å². The van der Waals surface area contributed by atoms with E-state index in [9.17, 15) is 0 Å². The summed E-state index contributed by atoms with van der Waals surface area (Å²) in [5, 5.41) is 1.28. The first kappa shape index (κ1) is 16.7. The van der Waals surface area contributed by atoms with Gasteiger partial charge in [0.25, 0.3) is 0 Å². The third kappa shape index (κ3) is 9.22. The molecule has 0 aliphatic heterocycles. The van der Waals surface area contributed by atoms with Gasteiger partial charge < -0.3 is 0 Å².